The molecule has 2 fully saturated rings. The number of carbonyl (C=O) groups excluding carboxylic acids is 1. The van der Waals surface area contributed by atoms with Gasteiger partial charge in [0.1, 0.15) is 17.4 Å². The number of benzene rings is 1. The molecule has 2 saturated heterocycles. The molecule has 9 heteroatoms. The average Bonchev–Trinajstić information content (AvgIpc) is 3.36. The van der Waals surface area contributed by atoms with Crippen LogP contribution in [0, 0.1) is 0 Å². The molecule has 0 spiro atoms. The molecule has 1 amide bonds. The lowest BCUT2D eigenvalue weighted by molar-refractivity contribution is -0.875. The van der Waals surface area contributed by atoms with Crippen LogP contribution in [0.5, 0.6) is 5.75 Å². The van der Waals surface area contributed by atoms with Crippen molar-refractivity contribution in [3.05, 3.63) is 41.1 Å². The van der Waals surface area contributed by atoms with Gasteiger partial charge in [0.25, 0.3) is 5.91 Å². The summed E-state index contributed by atoms with van der Waals surface area (Å²) in [5.74, 6) is 0.680. The van der Waals surface area contributed by atoms with Crippen LogP contribution in [0.2, 0.25) is 0 Å². The molecule has 1 aromatic rings. The van der Waals surface area contributed by atoms with E-state index in [4.69, 9.17) is 34.5 Å². The highest BCUT2D eigenvalue weighted by Crippen LogP contribution is 2.51. The average molecular weight is 420 g/mol. The Labute approximate surface area is 174 Å². The Balaban J connectivity index is 1.62. The number of nitrogens with zero attached hydrogens (tertiary/aromatic N) is 2. The Morgan fingerprint density at radius 3 is 2.82 bits per heavy atom. The Morgan fingerprint density at radius 1 is 1.29 bits per heavy atom. The van der Waals surface area contributed by atoms with E-state index in [9.17, 15) is 4.79 Å². The zero-order chi connectivity index (χ0) is 19.3. The summed E-state index contributed by atoms with van der Waals surface area (Å²) in [5, 5.41) is 3.77. The van der Waals surface area contributed by atoms with Crippen molar-refractivity contribution in [1.29, 1.82) is 0 Å². The van der Waals surface area contributed by atoms with E-state index in [-0.39, 0.29) is 22.0 Å². The lowest BCUT2D eigenvalue weighted by atomic mass is 9.94. The molecule has 148 valence electrons. The number of amides is 1. The minimum absolute atomic E-state index is 0.0614. The third-order valence-electron chi connectivity index (χ3n) is 5.97. The first-order valence-electron chi connectivity index (χ1n) is 9.62. The molecule has 0 aromatic heterocycles. The zero-order valence-electron chi connectivity index (χ0n) is 15.4. The minimum Gasteiger partial charge on any atom is -0.445 e. The number of thiocarbonyl (C=S) groups is 1. The van der Waals surface area contributed by atoms with Crippen LogP contribution >= 0.6 is 25.0 Å². The normalized spacial score (nSPS) is 31.9. The molecule has 2 N–H and O–H groups in total. The molecule has 4 aliphatic heterocycles. The maximum absolute atomic E-state index is 13.4. The van der Waals surface area contributed by atoms with Gasteiger partial charge in [0, 0.05) is 26.1 Å². The van der Waals surface area contributed by atoms with E-state index in [0.717, 1.165) is 36.4 Å². The van der Waals surface area contributed by atoms with Gasteiger partial charge in [-0.2, -0.15) is 4.00 Å². The van der Waals surface area contributed by atoms with Crippen molar-refractivity contribution >= 4 is 36.0 Å². The summed E-state index contributed by atoms with van der Waals surface area (Å²) in [7, 11) is 0. The molecule has 4 aliphatic rings. The fraction of sp³-hybridized carbons (Fsp3) is 0.474. The maximum atomic E-state index is 13.4. The van der Waals surface area contributed by atoms with Crippen molar-refractivity contribution in [3.63, 3.8) is 0 Å². The SMILES string of the molecule is O=C(C1=C2C(=S)Oc3ccccc3C2[N+](S)(C2CCNC2)N1)N1CCOCC1. The van der Waals surface area contributed by atoms with Gasteiger partial charge in [-0.15, -0.1) is 0 Å². The van der Waals surface area contributed by atoms with E-state index >= 15 is 0 Å². The van der Waals surface area contributed by atoms with Gasteiger partial charge in [-0.05, 0) is 24.4 Å². The molecule has 3 atom stereocenters. The van der Waals surface area contributed by atoms with Crippen LogP contribution in [0.25, 0.3) is 0 Å². The fourth-order valence-electron chi connectivity index (χ4n) is 4.54. The molecule has 0 bridgehead atoms. The zero-order valence-corrected chi connectivity index (χ0v) is 17.1. The predicted octanol–water partition coefficient (Wildman–Crippen LogP) is 1.10. The Kier molecular flexibility index (Phi) is 4.59. The highest BCUT2D eigenvalue weighted by molar-refractivity contribution is 7.80. The van der Waals surface area contributed by atoms with Gasteiger partial charge in [-0.25, -0.2) is 5.43 Å². The number of fused-ring (bicyclic) bond motifs is 3. The Morgan fingerprint density at radius 2 is 2.07 bits per heavy atom. The molecular weight excluding hydrogens is 396 g/mol. The molecule has 28 heavy (non-hydrogen) atoms. The van der Waals surface area contributed by atoms with Crippen molar-refractivity contribution in [1.82, 2.24) is 15.6 Å². The number of ether oxygens (including phenoxy) is 2. The van der Waals surface area contributed by atoms with Crippen molar-refractivity contribution < 1.29 is 18.3 Å². The number of thiol groups is 1. The van der Waals surface area contributed by atoms with Gasteiger partial charge >= 0.3 is 0 Å². The molecule has 5 rings (SSSR count). The minimum atomic E-state index is -0.189. The largest absolute Gasteiger partial charge is 0.445 e. The number of rotatable bonds is 2. The van der Waals surface area contributed by atoms with E-state index < -0.39 is 0 Å². The van der Waals surface area contributed by atoms with Gasteiger partial charge in [0.05, 0.1) is 38.1 Å². The van der Waals surface area contributed by atoms with Gasteiger partial charge < -0.3 is 19.7 Å². The summed E-state index contributed by atoms with van der Waals surface area (Å²) in [6.07, 6.45) is 0.967. The second kappa shape index (κ2) is 7.00. The highest BCUT2D eigenvalue weighted by Gasteiger charge is 2.58. The lowest BCUT2D eigenvalue weighted by Gasteiger charge is -2.40. The van der Waals surface area contributed by atoms with Crippen molar-refractivity contribution in [2.45, 2.75) is 18.5 Å². The monoisotopic (exact) mass is 419 g/mol. The first-order chi connectivity index (χ1) is 13.6. The Hall–Kier alpha value is -1.65. The van der Waals surface area contributed by atoms with Crippen LogP contribution < -0.4 is 15.5 Å². The maximum Gasteiger partial charge on any atom is 0.276 e. The number of para-hydroxylation sites is 1. The standard InChI is InChI=1S/C19H22N4O3S2/c24-18(22-7-9-25-10-8-22)16-15-17(23(28,21-16)12-5-6-20-11-12)13-3-1-2-4-14(13)26-19(15)27/h1-4,12,17,20,28H,5-11H2/p+1. The fourth-order valence-corrected chi connectivity index (χ4v) is 5.38. The molecular formula is C19H23N4O3S2+. The van der Waals surface area contributed by atoms with Gasteiger partial charge in [-0.1, -0.05) is 12.1 Å². The smallest absolute Gasteiger partial charge is 0.276 e. The van der Waals surface area contributed by atoms with E-state index in [1.54, 1.807) is 0 Å². The summed E-state index contributed by atoms with van der Waals surface area (Å²) in [4.78, 5) is 15.2. The predicted molar refractivity (Wildman–Crippen MR) is 110 cm³/mol. The van der Waals surface area contributed by atoms with Crippen LogP contribution in [-0.4, -0.2) is 65.3 Å². The summed E-state index contributed by atoms with van der Waals surface area (Å²) < 4.78 is 11.6. The van der Waals surface area contributed by atoms with E-state index in [2.05, 4.69) is 10.7 Å². The highest BCUT2D eigenvalue weighted by atomic mass is 32.1. The van der Waals surface area contributed by atoms with E-state index in [1.165, 1.54) is 0 Å². The van der Waals surface area contributed by atoms with Crippen molar-refractivity contribution in [2.24, 2.45) is 0 Å². The quantitative estimate of drug-likeness (QED) is 0.379. The van der Waals surface area contributed by atoms with Crippen LogP contribution in [0.4, 0.5) is 0 Å². The van der Waals surface area contributed by atoms with Crippen molar-refractivity contribution in [3.8, 4) is 5.75 Å². The third-order valence-corrected chi connectivity index (χ3v) is 6.93. The number of hydrogen-bond donors (Lipinski definition) is 3. The third kappa shape index (κ3) is 2.76. The molecule has 0 saturated carbocycles. The summed E-state index contributed by atoms with van der Waals surface area (Å²) in [6.45, 7) is 4.01. The van der Waals surface area contributed by atoms with Crippen LogP contribution in [0.1, 0.15) is 18.0 Å². The van der Waals surface area contributed by atoms with Gasteiger partial charge in [0.15, 0.2) is 11.7 Å². The van der Waals surface area contributed by atoms with Gasteiger partial charge in [0.2, 0.25) is 5.05 Å². The Bertz CT molecular complexity index is 864. The van der Waals surface area contributed by atoms with Crippen LogP contribution in [0.15, 0.2) is 35.5 Å². The molecule has 7 nitrogen and oxygen atoms in total. The van der Waals surface area contributed by atoms with Crippen molar-refractivity contribution in [2.75, 3.05) is 39.4 Å². The van der Waals surface area contributed by atoms with Gasteiger partial charge in [-0.3, -0.25) is 4.79 Å². The molecule has 1 aromatic carbocycles. The molecule has 0 aliphatic carbocycles. The van der Waals surface area contributed by atoms with Crippen LogP contribution in [0.3, 0.4) is 0 Å². The van der Waals surface area contributed by atoms with Crippen LogP contribution in [-0.2, 0) is 9.53 Å². The topological polar surface area (TPSA) is 62.8 Å². The first kappa shape index (κ1) is 18.4. The summed E-state index contributed by atoms with van der Waals surface area (Å²) in [6, 6.07) is 7.89. The number of nitrogens with one attached hydrogen (secondary N) is 2. The van der Waals surface area contributed by atoms with E-state index in [0.29, 0.717) is 37.1 Å². The summed E-state index contributed by atoms with van der Waals surface area (Å²) >= 11 is 10.7. The second-order valence-electron chi connectivity index (χ2n) is 7.52. The molecule has 3 unspecified atom stereocenters. The number of quaternary nitrogens is 1. The first-order valence-corrected chi connectivity index (χ1v) is 10.4. The number of morpholine rings is 1. The lowest BCUT2D eigenvalue weighted by Crippen LogP contribution is -2.57. The molecule has 0 radical (unpaired) electrons. The number of carbonyl (C=O) groups is 1. The van der Waals surface area contributed by atoms with E-state index in [1.807, 2.05) is 29.2 Å². The number of hydrogen-bond acceptors (Lipinski definition) is 7. The molecule has 4 heterocycles. The summed E-state index contributed by atoms with van der Waals surface area (Å²) in [5.41, 5.74) is 5.72. The second-order valence-corrected chi connectivity index (χ2v) is 8.55.